The van der Waals surface area contributed by atoms with Crippen LogP contribution in [0.2, 0.25) is 0 Å². The lowest BCUT2D eigenvalue weighted by molar-refractivity contribution is -0.113. The molecule has 0 bridgehead atoms. The molecule has 3 aromatic rings. The van der Waals surface area contributed by atoms with Gasteiger partial charge in [0.15, 0.2) is 5.78 Å². The first-order chi connectivity index (χ1) is 18.8. The van der Waals surface area contributed by atoms with Crippen molar-refractivity contribution in [2.75, 3.05) is 17.7 Å². The van der Waals surface area contributed by atoms with Crippen molar-refractivity contribution in [2.45, 2.75) is 26.7 Å². The number of rotatable bonds is 9. The summed E-state index contributed by atoms with van der Waals surface area (Å²) in [5.74, 6) is -1.18. The van der Waals surface area contributed by atoms with Gasteiger partial charge in [-0.1, -0.05) is 41.6 Å². The molecule has 1 amide bonds. The fourth-order valence-corrected chi connectivity index (χ4v) is 5.12. The van der Waals surface area contributed by atoms with E-state index in [1.54, 1.807) is 62.4 Å². The number of thioether (sulfide) groups is 1. The van der Waals surface area contributed by atoms with Gasteiger partial charge in [0.1, 0.15) is 5.76 Å². The summed E-state index contributed by atoms with van der Waals surface area (Å²) in [6.45, 7) is 5.69. The molecule has 2 aromatic carbocycles. The molecule has 2 N–H and O–H groups in total. The van der Waals surface area contributed by atoms with Crippen molar-refractivity contribution in [1.82, 2.24) is 5.32 Å². The molecule has 8 nitrogen and oxygen atoms in total. The third-order valence-corrected chi connectivity index (χ3v) is 7.11. The molecule has 0 fully saturated rings. The summed E-state index contributed by atoms with van der Waals surface area (Å²) in [4.78, 5) is 38.2. The molecule has 39 heavy (non-hydrogen) atoms. The second kappa shape index (κ2) is 12.3. The van der Waals surface area contributed by atoms with Gasteiger partial charge in [-0.05, 0) is 57.2 Å². The highest BCUT2D eigenvalue weighted by molar-refractivity contribution is 8.03. The number of furan rings is 1. The van der Waals surface area contributed by atoms with Gasteiger partial charge >= 0.3 is 5.97 Å². The zero-order chi connectivity index (χ0) is 27.9. The molecule has 0 aliphatic carbocycles. The van der Waals surface area contributed by atoms with Gasteiger partial charge in [-0.25, -0.2) is 4.79 Å². The average molecular weight is 542 g/mol. The number of aryl methyl sites for hydroxylation is 1. The number of ether oxygens (including phenoxy) is 1. The number of anilines is 1. The molecular formula is C30H27N3O5S. The maximum absolute atomic E-state index is 13.5. The topological polar surface area (TPSA) is 121 Å². The van der Waals surface area contributed by atoms with Crippen molar-refractivity contribution >= 4 is 35.1 Å². The van der Waals surface area contributed by atoms with Gasteiger partial charge in [-0.3, -0.25) is 9.59 Å². The summed E-state index contributed by atoms with van der Waals surface area (Å²) < 4.78 is 10.6. The van der Waals surface area contributed by atoms with Gasteiger partial charge in [-0.15, -0.1) is 0 Å². The fraction of sp³-hybridized carbons (Fsp3) is 0.200. The normalized spacial score (nSPS) is 14.9. The number of nitriles is 1. The van der Waals surface area contributed by atoms with Crippen molar-refractivity contribution in [3.05, 3.63) is 111 Å². The van der Waals surface area contributed by atoms with E-state index in [-0.39, 0.29) is 23.7 Å². The van der Waals surface area contributed by atoms with Crippen molar-refractivity contribution in [3.63, 3.8) is 0 Å². The van der Waals surface area contributed by atoms with Crippen LogP contribution in [0.1, 0.15) is 51.8 Å². The highest BCUT2D eigenvalue weighted by Gasteiger charge is 2.36. The molecular weight excluding hydrogens is 514 g/mol. The fourth-order valence-electron chi connectivity index (χ4n) is 4.13. The first-order valence-electron chi connectivity index (χ1n) is 12.3. The lowest BCUT2D eigenvalue weighted by Crippen LogP contribution is -2.30. The maximum atomic E-state index is 13.5. The molecule has 1 aliphatic rings. The smallest absolute Gasteiger partial charge is 0.338 e. The van der Waals surface area contributed by atoms with Crippen LogP contribution in [0.5, 0.6) is 0 Å². The van der Waals surface area contributed by atoms with Crippen LogP contribution < -0.4 is 10.6 Å². The quantitative estimate of drug-likeness (QED) is 0.261. The van der Waals surface area contributed by atoms with Crippen molar-refractivity contribution in [2.24, 2.45) is 0 Å². The maximum Gasteiger partial charge on any atom is 0.338 e. The van der Waals surface area contributed by atoms with Crippen molar-refractivity contribution in [3.8, 4) is 6.07 Å². The van der Waals surface area contributed by atoms with Crippen LogP contribution in [0.15, 0.2) is 93.2 Å². The highest BCUT2D eigenvalue weighted by atomic mass is 32.2. The van der Waals surface area contributed by atoms with Crippen LogP contribution in [0.3, 0.4) is 0 Å². The number of nitrogens with one attached hydrogen (secondary N) is 2. The summed E-state index contributed by atoms with van der Waals surface area (Å²) in [6.07, 6.45) is 1.49. The Morgan fingerprint density at radius 2 is 1.74 bits per heavy atom. The van der Waals surface area contributed by atoms with Crippen LogP contribution in [-0.4, -0.2) is 30.0 Å². The Balaban J connectivity index is 1.58. The van der Waals surface area contributed by atoms with E-state index in [2.05, 4.69) is 16.7 Å². The minimum absolute atomic E-state index is 0.0717. The Hall–Kier alpha value is -4.55. The highest BCUT2D eigenvalue weighted by Crippen LogP contribution is 2.41. The molecule has 2 heterocycles. The Bertz CT molecular complexity index is 1480. The minimum Gasteiger partial charge on any atom is -0.468 e. The van der Waals surface area contributed by atoms with Crippen LogP contribution >= 0.6 is 11.8 Å². The van der Waals surface area contributed by atoms with Crippen LogP contribution in [0.25, 0.3) is 0 Å². The molecule has 0 saturated carbocycles. The van der Waals surface area contributed by atoms with Crippen molar-refractivity contribution < 1.29 is 23.5 Å². The van der Waals surface area contributed by atoms with E-state index >= 15 is 0 Å². The number of hydrogen-bond donors (Lipinski definition) is 2. The molecule has 0 saturated heterocycles. The third-order valence-electron chi connectivity index (χ3n) is 6.09. The molecule has 9 heteroatoms. The number of benzene rings is 2. The first-order valence-corrected chi connectivity index (χ1v) is 13.3. The molecule has 0 unspecified atom stereocenters. The number of dihydropyridines is 1. The number of Topliss-reactive ketones (excluding diaryl/α,β-unsaturated/α-hetero) is 1. The van der Waals surface area contributed by atoms with E-state index in [1.165, 1.54) is 18.0 Å². The lowest BCUT2D eigenvalue weighted by atomic mass is 9.85. The monoisotopic (exact) mass is 541 g/mol. The Morgan fingerprint density at radius 1 is 1.05 bits per heavy atom. The molecule has 4 rings (SSSR count). The summed E-state index contributed by atoms with van der Waals surface area (Å²) in [5.41, 5.74) is 3.61. The van der Waals surface area contributed by atoms with E-state index < -0.39 is 17.8 Å². The molecule has 1 atom stereocenters. The number of nitrogens with zero attached hydrogens (tertiary/aromatic N) is 1. The number of carbonyl (C=O) groups is 3. The standard InChI is InChI=1S/C30H27N3O5S/c1-4-37-30(36)21-11-13-22(14-12-21)33-28(35)26-19(3)32-29(23(16-31)27(26)25-6-5-15-38-25)39-17-24(34)20-9-7-18(2)8-10-20/h5-15,27,32H,4,17H2,1-3H3,(H,33,35)/t27-/m0/s1. The third kappa shape index (κ3) is 6.30. The molecule has 198 valence electrons. The van der Waals surface area contributed by atoms with E-state index in [0.29, 0.717) is 38.9 Å². The second-order valence-electron chi connectivity index (χ2n) is 8.80. The molecule has 0 spiro atoms. The Labute approximate surface area is 230 Å². The predicted octanol–water partition coefficient (Wildman–Crippen LogP) is 5.72. The van der Waals surface area contributed by atoms with E-state index in [0.717, 1.165) is 5.56 Å². The van der Waals surface area contributed by atoms with E-state index in [9.17, 15) is 19.6 Å². The zero-order valence-electron chi connectivity index (χ0n) is 21.7. The minimum atomic E-state index is -0.776. The predicted molar refractivity (Wildman–Crippen MR) is 149 cm³/mol. The SMILES string of the molecule is CCOC(=O)c1ccc(NC(=O)C2=C(C)NC(SCC(=O)c3ccc(C)cc3)=C(C#N)[C@H]2c2ccco2)cc1. The number of carbonyl (C=O) groups excluding carboxylic acids is 3. The van der Waals surface area contributed by atoms with Gasteiger partial charge in [0, 0.05) is 16.9 Å². The molecule has 0 radical (unpaired) electrons. The van der Waals surface area contributed by atoms with E-state index in [1.807, 2.05) is 19.1 Å². The number of ketones is 1. The van der Waals surface area contributed by atoms with Gasteiger partial charge < -0.3 is 19.8 Å². The summed E-state index contributed by atoms with van der Waals surface area (Å²) in [5, 5.41) is 16.7. The van der Waals surface area contributed by atoms with E-state index in [4.69, 9.17) is 9.15 Å². The summed E-state index contributed by atoms with van der Waals surface area (Å²) in [6, 6.07) is 19.3. The van der Waals surface area contributed by atoms with Crippen LogP contribution in [0, 0.1) is 18.3 Å². The Kier molecular flexibility index (Phi) is 8.69. The van der Waals surface area contributed by atoms with Crippen LogP contribution in [-0.2, 0) is 9.53 Å². The number of esters is 1. The number of hydrogen-bond acceptors (Lipinski definition) is 8. The Morgan fingerprint density at radius 3 is 2.36 bits per heavy atom. The van der Waals surface area contributed by atoms with Gasteiger partial charge in [0.25, 0.3) is 5.91 Å². The zero-order valence-corrected chi connectivity index (χ0v) is 22.6. The average Bonchev–Trinajstić information content (AvgIpc) is 3.47. The molecule has 1 aliphatic heterocycles. The summed E-state index contributed by atoms with van der Waals surface area (Å²) >= 11 is 1.21. The largest absolute Gasteiger partial charge is 0.468 e. The van der Waals surface area contributed by atoms with Crippen LogP contribution in [0.4, 0.5) is 5.69 Å². The van der Waals surface area contributed by atoms with Gasteiger partial charge in [0.05, 0.1) is 52.3 Å². The molecule has 1 aromatic heterocycles. The van der Waals surface area contributed by atoms with Gasteiger partial charge in [0.2, 0.25) is 0 Å². The second-order valence-corrected chi connectivity index (χ2v) is 9.78. The first kappa shape index (κ1) is 27.5. The summed E-state index contributed by atoms with van der Waals surface area (Å²) in [7, 11) is 0. The van der Waals surface area contributed by atoms with Crippen molar-refractivity contribution in [1.29, 1.82) is 5.26 Å². The number of amides is 1. The lowest BCUT2D eigenvalue weighted by Gasteiger charge is -2.28. The van der Waals surface area contributed by atoms with Gasteiger partial charge in [-0.2, -0.15) is 5.26 Å². The number of allylic oxidation sites excluding steroid dienone is 2.